The van der Waals surface area contributed by atoms with Gasteiger partial charge in [-0.3, -0.25) is 4.98 Å². The molecule has 0 saturated heterocycles. The van der Waals surface area contributed by atoms with Gasteiger partial charge in [0, 0.05) is 42.5 Å². The zero-order valence-electron chi connectivity index (χ0n) is 17.1. The number of aromatic nitrogens is 3. The van der Waals surface area contributed by atoms with Gasteiger partial charge in [0.1, 0.15) is 5.52 Å². The molecule has 1 N–H and O–H groups in total. The average Bonchev–Trinajstić information content (AvgIpc) is 2.77. The van der Waals surface area contributed by atoms with Gasteiger partial charge in [-0.15, -0.1) is 0 Å². The summed E-state index contributed by atoms with van der Waals surface area (Å²) in [5, 5.41) is 10.6. The van der Waals surface area contributed by atoms with Gasteiger partial charge in [0.15, 0.2) is 5.75 Å². The molecule has 0 bridgehead atoms. The summed E-state index contributed by atoms with van der Waals surface area (Å²) in [6, 6.07) is 12.6. The molecule has 0 spiro atoms. The smallest absolute Gasteiger partial charge is 0.337 e. The lowest BCUT2D eigenvalue weighted by molar-refractivity contribution is 0.0696. The third-order valence-electron chi connectivity index (χ3n) is 4.84. The van der Waals surface area contributed by atoms with Crippen molar-refractivity contribution in [3.63, 3.8) is 0 Å². The Morgan fingerprint density at radius 2 is 1.87 bits per heavy atom. The minimum atomic E-state index is -1.03. The summed E-state index contributed by atoms with van der Waals surface area (Å²) in [5.41, 5.74) is 3.74. The maximum absolute atomic E-state index is 11.2. The van der Waals surface area contributed by atoms with Gasteiger partial charge in [0.25, 0.3) is 0 Å². The number of methoxy groups -OCH3 is 1. The standard InChI is InChI=1S/C23H19ClN4O3/c1-28(2)23-26-12-18-16(13-5-4-6-15(24)9-13)10-17(21(31-3)20(18)27-23)19-8-7-14(11-25-19)22(29)30/h4-12H,1-3H3,(H,29,30). The van der Waals surface area contributed by atoms with E-state index in [1.165, 1.54) is 12.3 Å². The molecule has 0 fully saturated rings. The van der Waals surface area contributed by atoms with Crippen LogP contribution in [0.5, 0.6) is 5.75 Å². The Morgan fingerprint density at radius 1 is 1.06 bits per heavy atom. The first kappa shape index (κ1) is 20.6. The fourth-order valence-corrected chi connectivity index (χ4v) is 3.54. The van der Waals surface area contributed by atoms with Gasteiger partial charge in [-0.05, 0) is 41.5 Å². The van der Waals surface area contributed by atoms with Crippen molar-refractivity contribution in [2.75, 3.05) is 26.1 Å². The number of benzene rings is 2. The minimum absolute atomic E-state index is 0.107. The highest BCUT2D eigenvalue weighted by atomic mass is 35.5. The van der Waals surface area contributed by atoms with Crippen molar-refractivity contribution in [1.82, 2.24) is 15.0 Å². The van der Waals surface area contributed by atoms with Gasteiger partial charge >= 0.3 is 5.97 Å². The van der Waals surface area contributed by atoms with Crippen molar-refractivity contribution in [1.29, 1.82) is 0 Å². The van der Waals surface area contributed by atoms with Gasteiger partial charge < -0.3 is 14.7 Å². The van der Waals surface area contributed by atoms with E-state index in [0.717, 1.165) is 16.5 Å². The summed E-state index contributed by atoms with van der Waals surface area (Å²) < 4.78 is 5.75. The van der Waals surface area contributed by atoms with Crippen LogP contribution >= 0.6 is 11.6 Å². The Hall–Kier alpha value is -3.71. The first-order valence-corrected chi connectivity index (χ1v) is 9.77. The van der Waals surface area contributed by atoms with Crippen molar-refractivity contribution >= 4 is 34.4 Å². The summed E-state index contributed by atoms with van der Waals surface area (Å²) in [5.74, 6) is 0.0311. The van der Waals surface area contributed by atoms with Gasteiger partial charge in [-0.1, -0.05) is 23.7 Å². The number of pyridine rings is 1. The predicted octanol–water partition coefficient (Wildman–Crippen LogP) is 4.79. The zero-order chi connectivity index (χ0) is 22.1. The molecule has 2 heterocycles. The molecule has 2 aromatic heterocycles. The Bertz CT molecular complexity index is 1290. The molecule has 0 aliphatic rings. The second-order valence-electron chi connectivity index (χ2n) is 7.08. The molecule has 156 valence electrons. The summed E-state index contributed by atoms with van der Waals surface area (Å²) in [7, 11) is 5.30. The molecule has 0 unspecified atom stereocenters. The number of hydrogen-bond donors (Lipinski definition) is 1. The minimum Gasteiger partial charge on any atom is -0.494 e. The fourth-order valence-electron chi connectivity index (χ4n) is 3.34. The van der Waals surface area contributed by atoms with Crippen LogP contribution in [-0.4, -0.2) is 47.2 Å². The number of hydrogen-bond acceptors (Lipinski definition) is 6. The molecule has 31 heavy (non-hydrogen) atoms. The molecule has 0 aliphatic carbocycles. The monoisotopic (exact) mass is 434 g/mol. The van der Waals surface area contributed by atoms with Crippen molar-refractivity contribution in [2.24, 2.45) is 0 Å². The summed E-state index contributed by atoms with van der Waals surface area (Å²) >= 11 is 6.24. The van der Waals surface area contributed by atoms with Gasteiger partial charge in [-0.25, -0.2) is 14.8 Å². The van der Waals surface area contributed by atoms with E-state index in [4.69, 9.17) is 21.3 Å². The van der Waals surface area contributed by atoms with E-state index >= 15 is 0 Å². The summed E-state index contributed by atoms with van der Waals surface area (Å²) in [4.78, 5) is 26.6. The fraction of sp³-hybridized carbons (Fsp3) is 0.130. The van der Waals surface area contributed by atoms with Crippen LogP contribution in [-0.2, 0) is 0 Å². The second kappa shape index (κ2) is 8.20. The molecule has 4 rings (SSSR count). The second-order valence-corrected chi connectivity index (χ2v) is 7.52. The van der Waals surface area contributed by atoms with E-state index in [1.54, 1.807) is 19.4 Å². The molecule has 0 aliphatic heterocycles. The van der Waals surface area contributed by atoms with Crippen molar-refractivity contribution < 1.29 is 14.6 Å². The Labute approximate surface area is 183 Å². The molecular weight excluding hydrogens is 416 g/mol. The van der Waals surface area contributed by atoms with Crippen molar-refractivity contribution in [3.8, 4) is 28.1 Å². The van der Waals surface area contributed by atoms with E-state index in [1.807, 2.05) is 49.3 Å². The molecule has 0 saturated carbocycles. The Kier molecular flexibility index (Phi) is 5.44. The molecule has 2 aromatic carbocycles. The summed E-state index contributed by atoms with van der Waals surface area (Å²) in [6.07, 6.45) is 3.09. The van der Waals surface area contributed by atoms with E-state index in [2.05, 4.69) is 9.97 Å². The van der Waals surface area contributed by atoms with E-state index in [9.17, 15) is 9.90 Å². The quantitative estimate of drug-likeness (QED) is 0.483. The topological polar surface area (TPSA) is 88.4 Å². The van der Waals surface area contributed by atoms with E-state index in [0.29, 0.717) is 33.5 Å². The van der Waals surface area contributed by atoms with Crippen molar-refractivity contribution in [3.05, 3.63) is 65.4 Å². The van der Waals surface area contributed by atoms with Crippen LogP contribution in [0, 0.1) is 0 Å². The number of carboxylic acids is 1. The van der Waals surface area contributed by atoms with Crippen LogP contribution in [0.4, 0.5) is 5.95 Å². The van der Waals surface area contributed by atoms with E-state index in [-0.39, 0.29) is 5.56 Å². The number of carbonyl (C=O) groups is 1. The number of carboxylic acid groups (broad SMARTS) is 1. The largest absolute Gasteiger partial charge is 0.494 e. The van der Waals surface area contributed by atoms with Crippen LogP contribution < -0.4 is 9.64 Å². The molecule has 4 aromatic rings. The SMILES string of the molecule is COc1c(-c2ccc(C(=O)O)cn2)cc(-c2cccc(Cl)c2)c2cnc(N(C)C)nc12. The molecule has 0 radical (unpaired) electrons. The molecule has 0 atom stereocenters. The lowest BCUT2D eigenvalue weighted by Gasteiger charge is -2.17. The maximum atomic E-state index is 11.2. The zero-order valence-corrected chi connectivity index (χ0v) is 17.9. The predicted molar refractivity (Wildman–Crippen MR) is 121 cm³/mol. The molecule has 0 amide bonds. The number of anilines is 1. The van der Waals surface area contributed by atoms with Crippen LogP contribution in [0.2, 0.25) is 5.02 Å². The van der Waals surface area contributed by atoms with E-state index < -0.39 is 5.97 Å². The van der Waals surface area contributed by atoms with Gasteiger partial charge in [0.05, 0.1) is 18.4 Å². The highest BCUT2D eigenvalue weighted by Gasteiger charge is 2.19. The van der Waals surface area contributed by atoms with Crippen LogP contribution in [0.15, 0.2) is 54.9 Å². The molecular formula is C23H19ClN4O3. The van der Waals surface area contributed by atoms with Gasteiger partial charge in [-0.2, -0.15) is 0 Å². The highest BCUT2D eigenvalue weighted by Crippen LogP contribution is 2.41. The van der Waals surface area contributed by atoms with Crippen LogP contribution in [0.1, 0.15) is 10.4 Å². The number of ether oxygens (including phenoxy) is 1. The number of nitrogens with zero attached hydrogens (tertiary/aromatic N) is 4. The number of aromatic carboxylic acids is 1. The first-order chi connectivity index (χ1) is 14.9. The Morgan fingerprint density at radius 3 is 2.48 bits per heavy atom. The summed E-state index contributed by atoms with van der Waals surface area (Å²) in [6.45, 7) is 0. The number of halogens is 1. The third kappa shape index (κ3) is 3.87. The van der Waals surface area contributed by atoms with Crippen molar-refractivity contribution in [2.45, 2.75) is 0 Å². The molecule has 8 heteroatoms. The number of fused-ring (bicyclic) bond motifs is 1. The molecule has 7 nitrogen and oxygen atoms in total. The Balaban J connectivity index is 2.05. The van der Waals surface area contributed by atoms with Crippen LogP contribution in [0.25, 0.3) is 33.3 Å². The van der Waals surface area contributed by atoms with Crippen LogP contribution in [0.3, 0.4) is 0 Å². The first-order valence-electron chi connectivity index (χ1n) is 9.39. The normalized spacial score (nSPS) is 10.8. The third-order valence-corrected chi connectivity index (χ3v) is 5.08. The lowest BCUT2D eigenvalue weighted by atomic mass is 9.96. The lowest BCUT2D eigenvalue weighted by Crippen LogP contribution is -2.12. The maximum Gasteiger partial charge on any atom is 0.337 e. The number of rotatable bonds is 5. The van der Waals surface area contributed by atoms with Gasteiger partial charge in [0.2, 0.25) is 5.95 Å². The highest BCUT2D eigenvalue weighted by molar-refractivity contribution is 6.31. The average molecular weight is 435 g/mol.